The molecule has 0 aliphatic rings. The highest BCUT2D eigenvalue weighted by Gasteiger charge is 2.03. The van der Waals surface area contributed by atoms with Crippen LogP contribution in [0.5, 0.6) is 5.75 Å². The van der Waals surface area contributed by atoms with Crippen molar-refractivity contribution in [3.05, 3.63) is 58.3 Å². The van der Waals surface area contributed by atoms with Crippen molar-refractivity contribution in [3.8, 4) is 5.75 Å². The zero-order chi connectivity index (χ0) is 13.0. The van der Waals surface area contributed by atoms with Crippen molar-refractivity contribution in [1.82, 2.24) is 0 Å². The number of methoxy groups -OCH3 is 1. The number of ether oxygens (including phenoxy) is 1. The van der Waals surface area contributed by atoms with E-state index in [1.54, 1.807) is 6.07 Å². The van der Waals surface area contributed by atoms with Crippen molar-refractivity contribution in [2.45, 2.75) is 6.54 Å². The maximum atomic E-state index is 13.5. The molecule has 1 N–H and O–H groups in total. The zero-order valence-electron chi connectivity index (χ0n) is 9.91. The van der Waals surface area contributed by atoms with E-state index in [4.69, 9.17) is 4.74 Å². The number of nitrogens with one attached hydrogen (secondary N) is 1. The Morgan fingerprint density at radius 2 is 1.89 bits per heavy atom. The smallest absolute Gasteiger partial charge is 0.165 e. The van der Waals surface area contributed by atoms with Gasteiger partial charge in [0.15, 0.2) is 11.6 Å². The Bertz CT molecular complexity index is 528. The topological polar surface area (TPSA) is 21.3 Å². The molecule has 18 heavy (non-hydrogen) atoms. The maximum Gasteiger partial charge on any atom is 0.165 e. The van der Waals surface area contributed by atoms with Crippen molar-refractivity contribution >= 4 is 21.6 Å². The van der Waals surface area contributed by atoms with E-state index in [0.717, 1.165) is 15.7 Å². The molecule has 94 valence electrons. The minimum Gasteiger partial charge on any atom is -0.494 e. The monoisotopic (exact) mass is 309 g/mol. The lowest BCUT2D eigenvalue weighted by Gasteiger charge is -2.08. The molecule has 2 aromatic carbocycles. The quantitative estimate of drug-likeness (QED) is 0.913. The average molecular weight is 310 g/mol. The minimum absolute atomic E-state index is 0.266. The summed E-state index contributed by atoms with van der Waals surface area (Å²) in [5, 5.41) is 3.22. The summed E-state index contributed by atoms with van der Waals surface area (Å²) in [5.74, 6) is -0.0741. The molecule has 0 bridgehead atoms. The fourth-order valence-electron chi connectivity index (χ4n) is 1.59. The minimum atomic E-state index is -0.340. The van der Waals surface area contributed by atoms with E-state index in [1.807, 2.05) is 30.3 Å². The predicted octanol–water partition coefficient (Wildman–Crippen LogP) is 4.21. The van der Waals surface area contributed by atoms with Gasteiger partial charge in [0.25, 0.3) is 0 Å². The second-order valence-corrected chi connectivity index (χ2v) is 4.75. The Morgan fingerprint density at radius 1 is 1.17 bits per heavy atom. The van der Waals surface area contributed by atoms with Gasteiger partial charge < -0.3 is 10.1 Å². The normalized spacial score (nSPS) is 10.2. The van der Waals surface area contributed by atoms with Gasteiger partial charge in [-0.1, -0.05) is 22.0 Å². The summed E-state index contributed by atoms with van der Waals surface area (Å²) in [5.41, 5.74) is 1.87. The fraction of sp³-hybridized carbons (Fsp3) is 0.143. The van der Waals surface area contributed by atoms with Crippen molar-refractivity contribution in [3.63, 3.8) is 0 Å². The van der Waals surface area contributed by atoms with Crippen LogP contribution >= 0.6 is 15.9 Å². The number of halogens is 2. The zero-order valence-corrected chi connectivity index (χ0v) is 11.5. The van der Waals surface area contributed by atoms with Crippen LogP contribution in [0.4, 0.5) is 10.1 Å². The van der Waals surface area contributed by atoms with Gasteiger partial charge in [0, 0.05) is 16.7 Å². The molecule has 0 spiro atoms. The van der Waals surface area contributed by atoms with Gasteiger partial charge in [-0.25, -0.2) is 4.39 Å². The van der Waals surface area contributed by atoms with Gasteiger partial charge in [-0.05, 0) is 42.0 Å². The number of anilines is 1. The molecule has 0 aliphatic heterocycles. The molecule has 0 heterocycles. The maximum absolute atomic E-state index is 13.5. The molecule has 0 atom stereocenters. The van der Waals surface area contributed by atoms with E-state index >= 15 is 0 Å². The van der Waals surface area contributed by atoms with Crippen molar-refractivity contribution < 1.29 is 9.13 Å². The van der Waals surface area contributed by atoms with E-state index in [1.165, 1.54) is 13.2 Å². The average Bonchev–Trinajstić information content (AvgIpc) is 2.38. The van der Waals surface area contributed by atoms with Gasteiger partial charge in [0.1, 0.15) is 0 Å². The van der Waals surface area contributed by atoms with E-state index in [-0.39, 0.29) is 11.6 Å². The van der Waals surface area contributed by atoms with Crippen LogP contribution in [0.25, 0.3) is 0 Å². The molecular formula is C14H13BrFNO. The first kappa shape index (κ1) is 12.9. The number of hydrogen-bond acceptors (Lipinski definition) is 2. The molecule has 4 heteroatoms. The van der Waals surface area contributed by atoms with Crippen LogP contribution in [0.2, 0.25) is 0 Å². The highest BCUT2D eigenvalue weighted by Crippen LogP contribution is 2.19. The third-order valence-electron chi connectivity index (χ3n) is 2.56. The van der Waals surface area contributed by atoms with E-state index in [9.17, 15) is 4.39 Å². The summed E-state index contributed by atoms with van der Waals surface area (Å²) >= 11 is 3.38. The molecule has 0 aliphatic carbocycles. The summed E-state index contributed by atoms with van der Waals surface area (Å²) in [7, 11) is 1.46. The Morgan fingerprint density at radius 3 is 2.50 bits per heavy atom. The van der Waals surface area contributed by atoms with Gasteiger partial charge >= 0.3 is 0 Å². The number of rotatable bonds is 4. The van der Waals surface area contributed by atoms with E-state index < -0.39 is 0 Å². The first-order valence-electron chi connectivity index (χ1n) is 5.51. The summed E-state index contributed by atoms with van der Waals surface area (Å²) in [6.07, 6.45) is 0. The highest BCUT2D eigenvalue weighted by molar-refractivity contribution is 9.10. The van der Waals surface area contributed by atoms with Crippen LogP contribution < -0.4 is 10.1 Å². The number of hydrogen-bond donors (Lipinski definition) is 1. The molecule has 0 unspecified atom stereocenters. The number of benzene rings is 2. The summed E-state index contributed by atoms with van der Waals surface area (Å²) in [6.45, 7) is 0.572. The molecule has 0 aromatic heterocycles. The summed E-state index contributed by atoms with van der Waals surface area (Å²) in [6, 6.07) is 12.8. The molecule has 0 saturated carbocycles. The molecule has 0 fully saturated rings. The van der Waals surface area contributed by atoms with Crippen LogP contribution in [0.15, 0.2) is 46.9 Å². The molecule has 0 saturated heterocycles. The van der Waals surface area contributed by atoms with Crippen molar-refractivity contribution in [2.24, 2.45) is 0 Å². The van der Waals surface area contributed by atoms with Crippen molar-refractivity contribution in [2.75, 3.05) is 12.4 Å². The molecule has 2 nitrogen and oxygen atoms in total. The predicted molar refractivity (Wildman–Crippen MR) is 74.4 cm³/mol. The second-order valence-electron chi connectivity index (χ2n) is 3.83. The lowest BCUT2D eigenvalue weighted by atomic mass is 10.2. The molecule has 0 radical (unpaired) electrons. The van der Waals surface area contributed by atoms with Crippen LogP contribution in [-0.2, 0) is 6.54 Å². The largest absolute Gasteiger partial charge is 0.494 e. The van der Waals surface area contributed by atoms with Crippen LogP contribution in [0, 0.1) is 5.82 Å². The summed E-state index contributed by atoms with van der Waals surface area (Å²) in [4.78, 5) is 0. The third kappa shape index (κ3) is 3.23. The molecular weight excluding hydrogens is 297 g/mol. The standard InChI is InChI=1S/C14H13BrFNO/c1-18-14-7-2-10(8-13(14)16)9-17-12-5-3-11(15)4-6-12/h2-8,17H,9H2,1H3. The SMILES string of the molecule is COc1ccc(CNc2ccc(Br)cc2)cc1F. The lowest BCUT2D eigenvalue weighted by Crippen LogP contribution is -2.00. The second kappa shape index (κ2) is 5.87. The molecule has 0 amide bonds. The van der Waals surface area contributed by atoms with Gasteiger partial charge in [0.2, 0.25) is 0 Å². The molecule has 2 aromatic rings. The van der Waals surface area contributed by atoms with E-state index in [2.05, 4.69) is 21.2 Å². The highest BCUT2D eigenvalue weighted by atomic mass is 79.9. The Kier molecular flexibility index (Phi) is 4.20. The fourth-order valence-corrected chi connectivity index (χ4v) is 1.86. The van der Waals surface area contributed by atoms with Gasteiger partial charge in [-0.2, -0.15) is 0 Å². The van der Waals surface area contributed by atoms with Crippen LogP contribution in [0.1, 0.15) is 5.56 Å². The Balaban J connectivity index is 2.02. The first-order chi connectivity index (χ1) is 8.69. The van der Waals surface area contributed by atoms with E-state index in [0.29, 0.717) is 6.54 Å². The van der Waals surface area contributed by atoms with Gasteiger partial charge in [-0.3, -0.25) is 0 Å². The van der Waals surface area contributed by atoms with Crippen LogP contribution in [0.3, 0.4) is 0 Å². The lowest BCUT2D eigenvalue weighted by molar-refractivity contribution is 0.386. The van der Waals surface area contributed by atoms with Gasteiger partial charge in [-0.15, -0.1) is 0 Å². The van der Waals surface area contributed by atoms with Crippen LogP contribution in [-0.4, -0.2) is 7.11 Å². The van der Waals surface area contributed by atoms with Gasteiger partial charge in [0.05, 0.1) is 7.11 Å². The first-order valence-corrected chi connectivity index (χ1v) is 6.30. The Labute approximate surface area is 114 Å². The Hall–Kier alpha value is -1.55. The molecule has 2 rings (SSSR count). The summed E-state index contributed by atoms with van der Waals surface area (Å²) < 4.78 is 19.4. The van der Waals surface area contributed by atoms with Crippen molar-refractivity contribution in [1.29, 1.82) is 0 Å². The third-order valence-corrected chi connectivity index (χ3v) is 3.09.